The van der Waals surface area contributed by atoms with E-state index in [1.165, 1.54) is 10.9 Å². The van der Waals surface area contributed by atoms with Gasteiger partial charge in [-0.05, 0) is 31.0 Å². The van der Waals surface area contributed by atoms with Crippen LogP contribution in [0.25, 0.3) is 0 Å². The molecule has 0 fully saturated rings. The molecular formula is C17H23F2IN4OS. The first-order chi connectivity index (χ1) is 12.1. The number of nitrogens with zero attached hydrogens (tertiary/aromatic N) is 2. The standard InChI is InChI=1S/C17H22F2N4OS.HI/c1-3-14-10-21-15(25-14)11-23-17(20-4-2)22-9-12-6-5-7-13(8-12)24-16(18)19;/h5-8,10,16H,3-4,9,11H2,1-2H3,(H2,20,22,23);1H. The average molecular weight is 496 g/mol. The summed E-state index contributed by atoms with van der Waals surface area (Å²) in [5.41, 5.74) is 0.790. The van der Waals surface area contributed by atoms with Crippen LogP contribution in [0.2, 0.25) is 0 Å². The molecule has 26 heavy (non-hydrogen) atoms. The third-order valence-corrected chi connectivity index (χ3v) is 4.39. The minimum atomic E-state index is -2.83. The van der Waals surface area contributed by atoms with Gasteiger partial charge < -0.3 is 15.4 Å². The Morgan fingerprint density at radius 3 is 2.77 bits per heavy atom. The summed E-state index contributed by atoms with van der Waals surface area (Å²) in [5.74, 6) is 0.784. The molecule has 0 bridgehead atoms. The molecule has 0 aliphatic carbocycles. The first-order valence-corrected chi connectivity index (χ1v) is 8.91. The number of rotatable bonds is 8. The van der Waals surface area contributed by atoms with Crippen molar-refractivity contribution >= 4 is 41.3 Å². The molecule has 0 saturated heterocycles. The van der Waals surface area contributed by atoms with Crippen LogP contribution in [-0.4, -0.2) is 24.1 Å². The zero-order valence-corrected chi connectivity index (χ0v) is 17.8. The van der Waals surface area contributed by atoms with Crippen molar-refractivity contribution in [3.05, 3.63) is 45.9 Å². The van der Waals surface area contributed by atoms with Crippen LogP contribution in [0.3, 0.4) is 0 Å². The molecule has 0 amide bonds. The van der Waals surface area contributed by atoms with Crippen molar-refractivity contribution in [2.45, 2.75) is 40.0 Å². The van der Waals surface area contributed by atoms with E-state index in [2.05, 4.69) is 32.3 Å². The highest BCUT2D eigenvalue weighted by molar-refractivity contribution is 14.0. The van der Waals surface area contributed by atoms with Crippen LogP contribution >= 0.6 is 35.3 Å². The van der Waals surface area contributed by atoms with E-state index in [-0.39, 0.29) is 29.7 Å². The number of nitrogens with one attached hydrogen (secondary N) is 2. The van der Waals surface area contributed by atoms with E-state index < -0.39 is 6.61 Å². The van der Waals surface area contributed by atoms with Gasteiger partial charge in [-0.3, -0.25) is 0 Å². The Bertz CT molecular complexity index is 697. The highest BCUT2D eigenvalue weighted by atomic mass is 127. The number of guanidine groups is 1. The van der Waals surface area contributed by atoms with E-state index in [1.54, 1.807) is 23.5 Å². The molecule has 9 heteroatoms. The molecule has 0 aliphatic heterocycles. The molecule has 0 unspecified atom stereocenters. The Labute approximate surface area is 173 Å². The smallest absolute Gasteiger partial charge is 0.387 e. The molecule has 1 aromatic carbocycles. The maximum Gasteiger partial charge on any atom is 0.387 e. The summed E-state index contributed by atoms with van der Waals surface area (Å²) in [4.78, 5) is 10.1. The molecule has 5 nitrogen and oxygen atoms in total. The Hall–Kier alpha value is -1.49. The van der Waals surface area contributed by atoms with Gasteiger partial charge in [-0.2, -0.15) is 8.78 Å². The van der Waals surface area contributed by atoms with Gasteiger partial charge in [-0.1, -0.05) is 19.1 Å². The third-order valence-electron chi connectivity index (χ3n) is 3.24. The minimum absolute atomic E-state index is 0. The Morgan fingerprint density at radius 1 is 1.31 bits per heavy atom. The van der Waals surface area contributed by atoms with Gasteiger partial charge in [0.15, 0.2) is 5.96 Å². The number of benzene rings is 1. The first kappa shape index (κ1) is 22.6. The Kier molecular flexibility index (Phi) is 10.4. The summed E-state index contributed by atoms with van der Waals surface area (Å²) < 4.78 is 29.0. The third kappa shape index (κ3) is 7.81. The Balaban J connectivity index is 0.00000338. The highest BCUT2D eigenvalue weighted by Gasteiger charge is 2.05. The second kappa shape index (κ2) is 12.0. The van der Waals surface area contributed by atoms with Crippen molar-refractivity contribution in [2.75, 3.05) is 6.54 Å². The van der Waals surface area contributed by atoms with Crippen LogP contribution in [-0.2, 0) is 19.5 Å². The summed E-state index contributed by atoms with van der Waals surface area (Å²) in [6, 6.07) is 6.55. The highest BCUT2D eigenvalue weighted by Crippen LogP contribution is 2.16. The molecule has 1 heterocycles. The van der Waals surface area contributed by atoms with Gasteiger partial charge >= 0.3 is 6.61 Å². The van der Waals surface area contributed by atoms with Crippen LogP contribution in [0.5, 0.6) is 5.75 Å². The lowest BCUT2D eigenvalue weighted by atomic mass is 10.2. The molecule has 1 aromatic heterocycles. The summed E-state index contributed by atoms with van der Waals surface area (Å²) in [5, 5.41) is 7.38. The van der Waals surface area contributed by atoms with E-state index in [9.17, 15) is 8.78 Å². The first-order valence-electron chi connectivity index (χ1n) is 8.10. The number of ether oxygens (including phenoxy) is 1. The van der Waals surface area contributed by atoms with Gasteiger partial charge in [0.05, 0.1) is 13.1 Å². The minimum Gasteiger partial charge on any atom is -0.435 e. The van der Waals surface area contributed by atoms with Crippen molar-refractivity contribution < 1.29 is 13.5 Å². The van der Waals surface area contributed by atoms with Crippen molar-refractivity contribution in [3.8, 4) is 5.75 Å². The van der Waals surface area contributed by atoms with E-state index in [0.717, 1.165) is 23.5 Å². The van der Waals surface area contributed by atoms with E-state index >= 15 is 0 Å². The molecule has 2 rings (SSSR count). The fourth-order valence-corrected chi connectivity index (χ4v) is 2.89. The van der Waals surface area contributed by atoms with Crippen molar-refractivity contribution in [1.82, 2.24) is 15.6 Å². The maximum atomic E-state index is 12.3. The number of hydrogen-bond acceptors (Lipinski definition) is 4. The predicted molar refractivity (Wildman–Crippen MR) is 112 cm³/mol. The molecule has 0 saturated carbocycles. The van der Waals surface area contributed by atoms with Crippen molar-refractivity contribution in [2.24, 2.45) is 4.99 Å². The number of hydrogen-bond donors (Lipinski definition) is 2. The lowest BCUT2D eigenvalue weighted by Gasteiger charge is -2.10. The molecule has 0 aliphatic rings. The van der Waals surface area contributed by atoms with Crippen LogP contribution in [0.15, 0.2) is 35.5 Å². The number of aryl methyl sites for hydroxylation is 1. The zero-order chi connectivity index (χ0) is 18.1. The quantitative estimate of drug-likeness (QED) is 0.327. The van der Waals surface area contributed by atoms with Gasteiger partial charge in [0.1, 0.15) is 10.8 Å². The average Bonchev–Trinajstić information content (AvgIpc) is 3.05. The zero-order valence-electron chi connectivity index (χ0n) is 14.7. The van der Waals surface area contributed by atoms with Gasteiger partial charge in [-0.15, -0.1) is 35.3 Å². The number of aliphatic imine (C=N–C) groups is 1. The molecule has 144 valence electrons. The fourth-order valence-electron chi connectivity index (χ4n) is 2.08. The van der Waals surface area contributed by atoms with Crippen LogP contribution in [0.1, 0.15) is 29.3 Å². The largest absolute Gasteiger partial charge is 0.435 e. The maximum absolute atomic E-state index is 12.3. The lowest BCUT2D eigenvalue weighted by molar-refractivity contribution is -0.0498. The number of thiazole rings is 1. The molecule has 0 atom stereocenters. The van der Waals surface area contributed by atoms with Gasteiger partial charge in [0.25, 0.3) is 0 Å². The fraction of sp³-hybridized carbons (Fsp3) is 0.412. The van der Waals surface area contributed by atoms with Gasteiger partial charge in [0, 0.05) is 17.6 Å². The van der Waals surface area contributed by atoms with Crippen molar-refractivity contribution in [1.29, 1.82) is 0 Å². The normalized spacial score (nSPS) is 11.2. The molecular weight excluding hydrogens is 473 g/mol. The SMILES string of the molecule is CCNC(=NCc1cccc(OC(F)F)c1)NCc1ncc(CC)s1.I. The van der Waals surface area contributed by atoms with Gasteiger partial charge in [-0.25, -0.2) is 9.98 Å². The summed E-state index contributed by atoms with van der Waals surface area (Å²) in [6.45, 7) is 2.91. The molecule has 0 spiro atoms. The summed E-state index contributed by atoms with van der Waals surface area (Å²) in [7, 11) is 0. The summed E-state index contributed by atoms with van der Waals surface area (Å²) in [6.07, 6.45) is 2.86. The van der Waals surface area contributed by atoms with E-state index in [1.807, 2.05) is 19.2 Å². The van der Waals surface area contributed by atoms with E-state index in [4.69, 9.17) is 0 Å². The second-order valence-corrected chi connectivity index (χ2v) is 6.35. The molecule has 0 radical (unpaired) electrons. The van der Waals surface area contributed by atoms with E-state index in [0.29, 0.717) is 19.0 Å². The van der Waals surface area contributed by atoms with Crippen LogP contribution < -0.4 is 15.4 Å². The second-order valence-electron chi connectivity index (χ2n) is 5.15. The lowest BCUT2D eigenvalue weighted by Crippen LogP contribution is -2.36. The number of aromatic nitrogens is 1. The Morgan fingerprint density at radius 2 is 2.12 bits per heavy atom. The van der Waals surface area contributed by atoms with Crippen molar-refractivity contribution in [3.63, 3.8) is 0 Å². The molecule has 2 aromatic rings. The van der Waals surface area contributed by atoms with Crippen LogP contribution in [0.4, 0.5) is 8.78 Å². The predicted octanol–water partition coefficient (Wildman–Crippen LogP) is 4.18. The van der Waals surface area contributed by atoms with Crippen LogP contribution in [0, 0.1) is 0 Å². The van der Waals surface area contributed by atoms with Gasteiger partial charge in [0.2, 0.25) is 0 Å². The topological polar surface area (TPSA) is 58.5 Å². The monoisotopic (exact) mass is 496 g/mol. The number of alkyl halides is 2. The number of halogens is 3. The molecule has 2 N–H and O–H groups in total. The summed E-state index contributed by atoms with van der Waals surface area (Å²) >= 11 is 1.67.